The van der Waals surface area contributed by atoms with Gasteiger partial charge in [-0.05, 0) is 29.8 Å². The van der Waals surface area contributed by atoms with Crippen LogP contribution in [0.15, 0.2) is 9.40 Å². The summed E-state index contributed by atoms with van der Waals surface area (Å²) in [6.07, 6.45) is 0. The summed E-state index contributed by atoms with van der Waals surface area (Å²) in [4.78, 5) is 14.0. The lowest BCUT2D eigenvalue weighted by Gasteiger charge is -2.00. The monoisotopic (exact) mass is 256 g/mol. The van der Waals surface area contributed by atoms with Gasteiger partial charge in [-0.1, -0.05) is 0 Å². The van der Waals surface area contributed by atoms with Gasteiger partial charge in [-0.25, -0.2) is 4.52 Å². The Hall–Kier alpha value is -1.30. The number of hydrogen-bond donors (Lipinski definition) is 2. The smallest absolute Gasteiger partial charge is 0.275 e. The molecule has 2 aromatic heterocycles. The number of hydrogen-bond acceptors (Lipinski definition) is 3. The Kier molecular flexibility index (Phi) is 1.88. The third-order valence-corrected chi connectivity index (χ3v) is 3.01. The number of fused-ring (bicyclic) bond motifs is 1. The lowest BCUT2D eigenvalue weighted by molar-refractivity contribution is 0.891. The maximum atomic E-state index is 11.4. The molecule has 6 heteroatoms. The van der Waals surface area contributed by atoms with Gasteiger partial charge in [0.25, 0.3) is 5.56 Å². The highest BCUT2D eigenvalue weighted by Gasteiger charge is 2.12. The van der Waals surface area contributed by atoms with Crippen LogP contribution in [-0.4, -0.2) is 14.6 Å². The van der Waals surface area contributed by atoms with Crippen molar-refractivity contribution in [3.05, 3.63) is 26.2 Å². The van der Waals surface area contributed by atoms with E-state index in [9.17, 15) is 4.79 Å². The number of aromatic amines is 1. The highest BCUT2D eigenvalue weighted by atomic mass is 79.9. The van der Waals surface area contributed by atoms with Crippen LogP contribution in [0.5, 0.6) is 0 Å². The van der Waals surface area contributed by atoms with Crippen molar-refractivity contribution >= 4 is 27.3 Å². The molecule has 14 heavy (non-hydrogen) atoms. The Morgan fingerprint density at radius 2 is 2.14 bits per heavy atom. The van der Waals surface area contributed by atoms with Crippen molar-refractivity contribution in [3.63, 3.8) is 0 Å². The molecule has 0 saturated carbocycles. The zero-order valence-electron chi connectivity index (χ0n) is 7.76. The first-order valence-electron chi connectivity index (χ1n) is 4.05. The van der Waals surface area contributed by atoms with Gasteiger partial charge in [0.15, 0.2) is 0 Å². The van der Waals surface area contributed by atoms with E-state index in [1.165, 1.54) is 0 Å². The van der Waals surface area contributed by atoms with Gasteiger partial charge in [-0.3, -0.25) is 4.79 Å². The Bertz CT molecular complexity index is 569. The van der Waals surface area contributed by atoms with Crippen LogP contribution in [0.1, 0.15) is 11.3 Å². The summed E-state index contributed by atoms with van der Waals surface area (Å²) in [5.41, 5.74) is 7.89. The van der Waals surface area contributed by atoms with Crippen molar-refractivity contribution in [2.75, 3.05) is 5.73 Å². The van der Waals surface area contributed by atoms with E-state index in [2.05, 4.69) is 26.0 Å². The van der Waals surface area contributed by atoms with Crippen LogP contribution in [0.4, 0.5) is 5.69 Å². The number of halogens is 1. The van der Waals surface area contributed by atoms with E-state index in [0.717, 1.165) is 11.3 Å². The van der Waals surface area contributed by atoms with Gasteiger partial charge < -0.3 is 10.7 Å². The highest BCUT2D eigenvalue weighted by molar-refractivity contribution is 9.10. The van der Waals surface area contributed by atoms with E-state index in [1.54, 1.807) is 4.52 Å². The first-order valence-corrected chi connectivity index (χ1v) is 4.85. The molecule has 0 aliphatic carbocycles. The van der Waals surface area contributed by atoms with Crippen molar-refractivity contribution in [3.8, 4) is 0 Å². The fourth-order valence-electron chi connectivity index (χ4n) is 1.28. The van der Waals surface area contributed by atoms with Crippen molar-refractivity contribution in [2.24, 2.45) is 0 Å². The molecule has 0 bridgehead atoms. The number of nitrogens with two attached hydrogens (primary N) is 1. The van der Waals surface area contributed by atoms with Gasteiger partial charge in [0.05, 0.1) is 5.69 Å². The third kappa shape index (κ3) is 1.07. The predicted molar refractivity (Wildman–Crippen MR) is 57.4 cm³/mol. The largest absolute Gasteiger partial charge is 0.392 e. The fourth-order valence-corrected chi connectivity index (χ4v) is 1.71. The van der Waals surface area contributed by atoms with Gasteiger partial charge in [0, 0.05) is 5.56 Å². The molecular formula is C8H9BrN4O. The lowest BCUT2D eigenvalue weighted by atomic mass is 10.3. The average Bonchev–Trinajstić information content (AvgIpc) is 2.42. The van der Waals surface area contributed by atoms with E-state index in [-0.39, 0.29) is 11.2 Å². The third-order valence-electron chi connectivity index (χ3n) is 2.24. The predicted octanol–water partition coefficient (Wildman–Crippen LogP) is 0.984. The van der Waals surface area contributed by atoms with Gasteiger partial charge in [-0.15, -0.1) is 0 Å². The minimum Gasteiger partial charge on any atom is -0.392 e. The van der Waals surface area contributed by atoms with E-state index in [0.29, 0.717) is 10.3 Å². The normalized spacial score (nSPS) is 11.1. The SMILES string of the molecule is Cc1nn2c(Br)c(N)c(=O)[nH]c2c1C. The Morgan fingerprint density at radius 3 is 2.79 bits per heavy atom. The van der Waals surface area contributed by atoms with Crippen molar-refractivity contribution < 1.29 is 0 Å². The van der Waals surface area contributed by atoms with E-state index >= 15 is 0 Å². The lowest BCUT2D eigenvalue weighted by Crippen LogP contribution is -2.15. The van der Waals surface area contributed by atoms with E-state index < -0.39 is 0 Å². The number of anilines is 1. The molecule has 0 amide bonds. The molecule has 0 spiro atoms. The summed E-state index contributed by atoms with van der Waals surface area (Å²) in [6.45, 7) is 3.78. The van der Waals surface area contributed by atoms with Crippen LogP contribution in [-0.2, 0) is 0 Å². The number of nitrogens with zero attached hydrogens (tertiary/aromatic N) is 2. The fraction of sp³-hybridized carbons (Fsp3) is 0.250. The number of aryl methyl sites for hydroxylation is 2. The summed E-state index contributed by atoms with van der Waals surface area (Å²) in [5.74, 6) is 0. The first kappa shape index (κ1) is 9.26. The molecule has 0 radical (unpaired) electrons. The summed E-state index contributed by atoms with van der Waals surface area (Å²) in [5, 5.41) is 4.23. The van der Waals surface area contributed by atoms with Crippen LogP contribution in [0, 0.1) is 13.8 Å². The molecule has 3 N–H and O–H groups in total. The maximum Gasteiger partial charge on any atom is 0.275 e. The second-order valence-electron chi connectivity index (χ2n) is 3.13. The number of nitrogens with one attached hydrogen (secondary N) is 1. The topological polar surface area (TPSA) is 76.2 Å². The van der Waals surface area contributed by atoms with Gasteiger partial charge in [-0.2, -0.15) is 5.10 Å². The molecule has 0 aliphatic rings. The molecule has 2 rings (SSSR count). The van der Waals surface area contributed by atoms with Crippen molar-refractivity contribution in [1.29, 1.82) is 0 Å². The second-order valence-corrected chi connectivity index (χ2v) is 3.88. The molecule has 5 nitrogen and oxygen atoms in total. The van der Waals surface area contributed by atoms with Gasteiger partial charge in [0.1, 0.15) is 15.9 Å². The minimum absolute atomic E-state index is 0.139. The molecule has 2 heterocycles. The number of H-pyrrole nitrogens is 1. The van der Waals surface area contributed by atoms with Crippen molar-refractivity contribution in [1.82, 2.24) is 14.6 Å². The summed E-state index contributed by atoms with van der Waals surface area (Å²) >= 11 is 3.23. The van der Waals surface area contributed by atoms with Gasteiger partial charge >= 0.3 is 0 Å². The van der Waals surface area contributed by atoms with Crippen LogP contribution in [0.2, 0.25) is 0 Å². The molecule has 0 unspecified atom stereocenters. The molecule has 74 valence electrons. The molecule has 0 saturated heterocycles. The number of rotatable bonds is 0. The number of aromatic nitrogens is 3. The first-order chi connectivity index (χ1) is 6.52. The van der Waals surface area contributed by atoms with E-state index in [4.69, 9.17) is 5.73 Å². The van der Waals surface area contributed by atoms with Crippen LogP contribution >= 0.6 is 15.9 Å². The molecule has 0 aromatic carbocycles. The Labute approximate surface area is 88.1 Å². The molecule has 0 atom stereocenters. The summed E-state index contributed by atoms with van der Waals surface area (Å²) in [6, 6.07) is 0. The van der Waals surface area contributed by atoms with Crippen molar-refractivity contribution in [2.45, 2.75) is 13.8 Å². The van der Waals surface area contributed by atoms with E-state index in [1.807, 2.05) is 13.8 Å². The van der Waals surface area contributed by atoms with Crippen LogP contribution < -0.4 is 11.3 Å². The standard InChI is InChI=1S/C8H9BrN4O/c1-3-4(2)12-13-6(9)5(10)8(14)11-7(3)13/h10H2,1-2H3,(H,11,14). The molecule has 0 aliphatic heterocycles. The highest BCUT2D eigenvalue weighted by Crippen LogP contribution is 2.19. The summed E-state index contributed by atoms with van der Waals surface area (Å²) < 4.78 is 2.08. The zero-order valence-corrected chi connectivity index (χ0v) is 9.34. The Balaban J connectivity index is 3.05. The average molecular weight is 257 g/mol. The van der Waals surface area contributed by atoms with Crippen LogP contribution in [0.25, 0.3) is 5.65 Å². The van der Waals surface area contributed by atoms with Gasteiger partial charge in [0.2, 0.25) is 0 Å². The number of nitrogen functional groups attached to an aromatic ring is 1. The Morgan fingerprint density at radius 1 is 1.50 bits per heavy atom. The molecule has 0 fully saturated rings. The summed E-state index contributed by atoms with van der Waals surface area (Å²) in [7, 11) is 0. The molecule has 2 aromatic rings. The molecular weight excluding hydrogens is 248 g/mol. The minimum atomic E-state index is -0.299. The zero-order chi connectivity index (χ0) is 10.5. The van der Waals surface area contributed by atoms with Crippen LogP contribution in [0.3, 0.4) is 0 Å². The quantitative estimate of drug-likeness (QED) is 0.691. The maximum absolute atomic E-state index is 11.4. The second kappa shape index (κ2) is 2.84.